The number of hydrogen-bond acceptors (Lipinski definition) is 5. The lowest BCUT2D eigenvalue weighted by atomic mass is 10.2. The number of hydrazone groups is 1. The summed E-state index contributed by atoms with van der Waals surface area (Å²) in [5.41, 5.74) is 3.37. The van der Waals surface area contributed by atoms with Gasteiger partial charge in [0.2, 0.25) is 0 Å². The summed E-state index contributed by atoms with van der Waals surface area (Å²) in [5, 5.41) is 6.28. The van der Waals surface area contributed by atoms with Gasteiger partial charge in [0.1, 0.15) is 11.5 Å². The van der Waals surface area contributed by atoms with Crippen molar-refractivity contribution in [1.82, 2.24) is 5.43 Å². The number of nitrogens with one attached hydrogen (secondary N) is 2. The Balaban J connectivity index is 1.90. The minimum atomic E-state index is -0.876. The van der Waals surface area contributed by atoms with Gasteiger partial charge in [0.25, 0.3) is 0 Å². The predicted octanol–water partition coefficient (Wildman–Crippen LogP) is 2.57. The Labute approximate surface area is 152 Å². The normalized spacial score (nSPS) is 10.4. The molecule has 0 unspecified atom stereocenters. The number of hydrogen-bond donors (Lipinski definition) is 2. The number of benzene rings is 2. The molecule has 0 heterocycles. The molecule has 2 rings (SSSR count). The molecule has 2 amide bonds. The summed E-state index contributed by atoms with van der Waals surface area (Å²) in [6.07, 6.45) is 1.44. The predicted molar refractivity (Wildman–Crippen MR) is 99.6 cm³/mol. The number of carbonyl (C=O) groups is 2. The molecule has 0 fully saturated rings. The van der Waals surface area contributed by atoms with Crippen LogP contribution in [0.2, 0.25) is 0 Å². The molecule has 136 valence electrons. The lowest BCUT2D eigenvalue weighted by Gasteiger charge is -2.10. The molecule has 0 saturated carbocycles. The second kappa shape index (κ2) is 9.83. The Morgan fingerprint density at radius 2 is 1.65 bits per heavy atom. The van der Waals surface area contributed by atoms with Crippen LogP contribution in [-0.2, 0) is 9.59 Å². The zero-order valence-electron chi connectivity index (χ0n) is 14.7. The molecular formula is C19H21N3O4. The summed E-state index contributed by atoms with van der Waals surface area (Å²) in [5.74, 6) is -0.463. The quantitative estimate of drug-likeness (QED) is 0.454. The molecule has 2 N–H and O–H groups in total. The highest BCUT2D eigenvalue weighted by Gasteiger charge is 2.15. The maximum atomic E-state index is 12.0. The number of para-hydroxylation sites is 2. The largest absolute Gasteiger partial charge is 0.494 e. The van der Waals surface area contributed by atoms with Crippen LogP contribution in [0.4, 0.5) is 5.69 Å². The molecule has 0 aromatic heterocycles. The van der Waals surface area contributed by atoms with Gasteiger partial charge in [0, 0.05) is 0 Å². The number of carbonyl (C=O) groups excluding carboxylic acids is 2. The van der Waals surface area contributed by atoms with Crippen molar-refractivity contribution in [3.05, 3.63) is 54.1 Å². The van der Waals surface area contributed by atoms with E-state index in [1.165, 1.54) is 6.21 Å². The Bertz CT molecular complexity index is 773. The fraction of sp³-hybridized carbons (Fsp3) is 0.211. The minimum absolute atomic E-state index is 0.421. The molecule has 0 aliphatic heterocycles. The van der Waals surface area contributed by atoms with Crippen LogP contribution in [0.3, 0.4) is 0 Å². The number of ether oxygens (including phenoxy) is 2. The van der Waals surface area contributed by atoms with Gasteiger partial charge in [-0.2, -0.15) is 5.10 Å². The Kier molecular flexibility index (Phi) is 7.17. The topological polar surface area (TPSA) is 89.0 Å². The number of nitrogens with zero attached hydrogens (tertiary/aromatic N) is 1. The molecule has 0 atom stereocenters. The third kappa shape index (κ3) is 5.62. The zero-order valence-corrected chi connectivity index (χ0v) is 14.7. The second-order valence-electron chi connectivity index (χ2n) is 5.08. The summed E-state index contributed by atoms with van der Waals surface area (Å²) in [6.45, 7) is 4.78. The van der Waals surface area contributed by atoms with E-state index in [1.54, 1.807) is 48.5 Å². The van der Waals surface area contributed by atoms with Gasteiger partial charge in [0.05, 0.1) is 25.1 Å². The van der Waals surface area contributed by atoms with Gasteiger partial charge in [-0.05, 0) is 55.8 Å². The van der Waals surface area contributed by atoms with Gasteiger partial charge in [-0.1, -0.05) is 12.1 Å². The van der Waals surface area contributed by atoms with Gasteiger partial charge < -0.3 is 14.8 Å². The molecule has 0 bridgehead atoms. The van der Waals surface area contributed by atoms with Crippen molar-refractivity contribution in [3.8, 4) is 11.5 Å². The lowest BCUT2D eigenvalue weighted by Crippen LogP contribution is -2.32. The van der Waals surface area contributed by atoms with Gasteiger partial charge in [-0.15, -0.1) is 0 Å². The molecule has 0 spiro atoms. The van der Waals surface area contributed by atoms with Crippen molar-refractivity contribution >= 4 is 23.7 Å². The minimum Gasteiger partial charge on any atom is -0.494 e. The Morgan fingerprint density at radius 1 is 0.962 bits per heavy atom. The highest BCUT2D eigenvalue weighted by atomic mass is 16.5. The maximum Gasteiger partial charge on any atom is 0.329 e. The molecule has 2 aromatic rings. The third-order valence-corrected chi connectivity index (χ3v) is 3.21. The fourth-order valence-corrected chi connectivity index (χ4v) is 2.06. The second-order valence-corrected chi connectivity index (χ2v) is 5.08. The van der Waals surface area contributed by atoms with Gasteiger partial charge >= 0.3 is 11.8 Å². The first kappa shape index (κ1) is 19.0. The molecule has 7 nitrogen and oxygen atoms in total. The average molecular weight is 355 g/mol. The average Bonchev–Trinajstić information content (AvgIpc) is 2.65. The van der Waals surface area contributed by atoms with Crippen LogP contribution >= 0.6 is 0 Å². The van der Waals surface area contributed by atoms with E-state index in [0.29, 0.717) is 24.7 Å². The van der Waals surface area contributed by atoms with Crippen LogP contribution in [0.1, 0.15) is 19.4 Å². The van der Waals surface area contributed by atoms with Crippen molar-refractivity contribution in [2.45, 2.75) is 13.8 Å². The van der Waals surface area contributed by atoms with E-state index in [4.69, 9.17) is 9.47 Å². The van der Waals surface area contributed by atoms with Gasteiger partial charge in [-0.3, -0.25) is 9.59 Å². The molecule has 2 aromatic carbocycles. The molecule has 7 heteroatoms. The maximum absolute atomic E-state index is 12.0. The smallest absolute Gasteiger partial charge is 0.329 e. The van der Waals surface area contributed by atoms with E-state index in [9.17, 15) is 9.59 Å². The van der Waals surface area contributed by atoms with Crippen LogP contribution in [-0.4, -0.2) is 31.2 Å². The first-order chi connectivity index (χ1) is 12.6. The van der Waals surface area contributed by atoms with E-state index in [-0.39, 0.29) is 0 Å². The van der Waals surface area contributed by atoms with Crippen LogP contribution < -0.4 is 20.2 Å². The number of anilines is 1. The van der Waals surface area contributed by atoms with E-state index >= 15 is 0 Å². The van der Waals surface area contributed by atoms with Crippen molar-refractivity contribution in [2.24, 2.45) is 5.10 Å². The zero-order chi connectivity index (χ0) is 18.8. The van der Waals surface area contributed by atoms with Crippen molar-refractivity contribution in [1.29, 1.82) is 0 Å². The molecule has 0 radical (unpaired) electrons. The number of amides is 2. The summed E-state index contributed by atoms with van der Waals surface area (Å²) in [6, 6.07) is 14.1. The molecule has 0 saturated heterocycles. The Hall–Kier alpha value is -3.35. The van der Waals surface area contributed by atoms with E-state index in [0.717, 1.165) is 11.3 Å². The Morgan fingerprint density at radius 3 is 2.35 bits per heavy atom. The summed E-state index contributed by atoms with van der Waals surface area (Å²) in [4.78, 5) is 23.8. The van der Waals surface area contributed by atoms with Crippen LogP contribution in [0.5, 0.6) is 11.5 Å². The first-order valence-electron chi connectivity index (χ1n) is 8.23. The first-order valence-corrected chi connectivity index (χ1v) is 8.23. The van der Waals surface area contributed by atoms with Gasteiger partial charge in [0.15, 0.2) is 0 Å². The van der Waals surface area contributed by atoms with E-state index in [1.807, 2.05) is 13.8 Å². The highest BCUT2D eigenvalue weighted by molar-refractivity contribution is 6.39. The monoisotopic (exact) mass is 355 g/mol. The SMILES string of the molecule is CCOc1ccc(/C=N\NC(=O)C(=O)Nc2ccccc2OCC)cc1. The van der Waals surface area contributed by atoms with E-state index in [2.05, 4.69) is 15.8 Å². The van der Waals surface area contributed by atoms with Crippen LogP contribution in [0.15, 0.2) is 53.6 Å². The van der Waals surface area contributed by atoms with Crippen LogP contribution in [0, 0.1) is 0 Å². The highest BCUT2D eigenvalue weighted by Crippen LogP contribution is 2.23. The number of rotatable bonds is 7. The summed E-state index contributed by atoms with van der Waals surface area (Å²) < 4.78 is 10.7. The third-order valence-electron chi connectivity index (χ3n) is 3.21. The summed E-state index contributed by atoms with van der Waals surface area (Å²) in [7, 11) is 0. The van der Waals surface area contributed by atoms with E-state index < -0.39 is 11.8 Å². The molecule has 26 heavy (non-hydrogen) atoms. The fourth-order valence-electron chi connectivity index (χ4n) is 2.06. The van der Waals surface area contributed by atoms with Crippen LogP contribution in [0.25, 0.3) is 0 Å². The molecule has 0 aliphatic carbocycles. The van der Waals surface area contributed by atoms with Crippen molar-refractivity contribution in [3.63, 3.8) is 0 Å². The van der Waals surface area contributed by atoms with Gasteiger partial charge in [-0.25, -0.2) is 5.43 Å². The lowest BCUT2D eigenvalue weighted by molar-refractivity contribution is -0.136. The van der Waals surface area contributed by atoms with Crippen molar-refractivity contribution in [2.75, 3.05) is 18.5 Å². The summed E-state index contributed by atoms with van der Waals surface area (Å²) >= 11 is 0. The van der Waals surface area contributed by atoms with Crippen molar-refractivity contribution < 1.29 is 19.1 Å². The standard InChI is InChI=1S/C19H21N3O4/c1-3-25-15-11-9-14(10-12-15)13-20-22-19(24)18(23)21-16-7-5-6-8-17(16)26-4-2/h5-13H,3-4H2,1-2H3,(H,21,23)(H,22,24)/b20-13-. The molecular weight excluding hydrogens is 334 g/mol. The molecule has 0 aliphatic rings.